The van der Waals surface area contributed by atoms with Crippen LogP contribution in [0.5, 0.6) is 0 Å². The van der Waals surface area contributed by atoms with E-state index >= 15 is 0 Å². The third-order valence-electron chi connectivity index (χ3n) is 3.10. The fraction of sp³-hybridized carbons (Fsp3) is 0.333. The summed E-state index contributed by atoms with van der Waals surface area (Å²) >= 11 is 0. The molecule has 2 aromatic rings. The smallest absolute Gasteiger partial charge is 0.123 e. The fourth-order valence-electron chi connectivity index (χ4n) is 2.17. The predicted molar refractivity (Wildman–Crippen MR) is 74.6 cm³/mol. The minimum Gasteiger partial charge on any atom is -0.467 e. The van der Waals surface area contributed by atoms with Crippen LogP contribution >= 0.6 is 0 Å². The zero-order chi connectivity index (χ0) is 13.1. The highest BCUT2D eigenvalue weighted by molar-refractivity contribution is 5.53. The summed E-state index contributed by atoms with van der Waals surface area (Å²) < 4.78 is 5.49. The van der Waals surface area contributed by atoms with Gasteiger partial charge in [-0.2, -0.15) is 0 Å². The van der Waals surface area contributed by atoms with E-state index < -0.39 is 0 Å². The molecule has 1 heterocycles. The number of anilines is 1. The molecule has 0 saturated carbocycles. The Morgan fingerprint density at radius 2 is 2.00 bits per heavy atom. The van der Waals surface area contributed by atoms with Gasteiger partial charge >= 0.3 is 0 Å². The van der Waals surface area contributed by atoms with Gasteiger partial charge in [-0.25, -0.2) is 0 Å². The standard InChI is InChI=1S/C15H20N2O/c1-11-4-5-15(12(2)6-11)17(3)9-14-7-13(8-16)10-18-14/h4-7,10H,8-9,16H2,1-3H3. The van der Waals surface area contributed by atoms with E-state index in [0.717, 1.165) is 17.9 Å². The van der Waals surface area contributed by atoms with Crippen LogP contribution in [0, 0.1) is 13.8 Å². The third kappa shape index (κ3) is 2.74. The molecule has 0 atom stereocenters. The Kier molecular flexibility index (Phi) is 3.72. The molecule has 0 aliphatic heterocycles. The van der Waals surface area contributed by atoms with Crippen LogP contribution in [0.4, 0.5) is 5.69 Å². The minimum absolute atomic E-state index is 0.525. The minimum atomic E-state index is 0.525. The first-order valence-electron chi connectivity index (χ1n) is 6.15. The Bertz CT molecular complexity index is 531. The molecule has 0 amide bonds. The largest absolute Gasteiger partial charge is 0.467 e. The number of rotatable bonds is 4. The quantitative estimate of drug-likeness (QED) is 0.899. The maximum Gasteiger partial charge on any atom is 0.123 e. The van der Waals surface area contributed by atoms with E-state index in [1.807, 2.05) is 6.07 Å². The van der Waals surface area contributed by atoms with Crippen molar-refractivity contribution in [1.82, 2.24) is 0 Å². The summed E-state index contributed by atoms with van der Waals surface area (Å²) in [6, 6.07) is 8.49. The average molecular weight is 244 g/mol. The van der Waals surface area contributed by atoms with Gasteiger partial charge in [-0.15, -0.1) is 0 Å². The molecule has 0 radical (unpaired) electrons. The SMILES string of the molecule is Cc1ccc(N(C)Cc2cc(CN)co2)c(C)c1. The van der Waals surface area contributed by atoms with Gasteiger partial charge in [0.15, 0.2) is 0 Å². The summed E-state index contributed by atoms with van der Waals surface area (Å²) in [5.41, 5.74) is 10.4. The summed E-state index contributed by atoms with van der Waals surface area (Å²) in [7, 11) is 2.07. The van der Waals surface area contributed by atoms with Crippen LogP contribution in [-0.2, 0) is 13.1 Å². The average Bonchev–Trinajstić information content (AvgIpc) is 2.76. The molecule has 2 rings (SSSR count). The molecule has 0 unspecified atom stereocenters. The summed E-state index contributed by atoms with van der Waals surface area (Å²) in [5.74, 6) is 0.943. The zero-order valence-electron chi connectivity index (χ0n) is 11.2. The van der Waals surface area contributed by atoms with E-state index in [2.05, 4.69) is 44.0 Å². The molecule has 0 bridgehead atoms. The molecule has 0 aliphatic carbocycles. The van der Waals surface area contributed by atoms with Crippen LogP contribution in [0.25, 0.3) is 0 Å². The Balaban J connectivity index is 2.13. The van der Waals surface area contributed by atoms with Crippen LogP contribution < -0.4 is 10.6 Å². The first-order chi connectivity index (χ1) is 8.60. The van der Waals surface area contributed by atoms with Crippen molar-refractivity contribution in [2.45, 2.75) is 26.9 Å². The van der Waals surface area contributed by atoms with Crippen LogP contribution in [-0.4, -0.2) is 7.05 Å². The van der Waals surface area contributed by atoms with E-state index in [9.17, 15) is 0 Å². The molecule has 0 fully saturated rings. The molecule has 1 aromatic heterocycles. The highest BCUT2D eigenvalue weighted by Crippen LogP contribution is 2.22. The summed E-state index contributed by atoms with van der Waals surface area (Å²) in [6.45, 7) is 5.52. The van der Waals surface area contributed by atoms with Gasteiger partial charge < -0.3 is 15.1 Å². The van der Waals surface area contributed by atoms with Gasteiger partial charge in [0.2, 0.25) is 0 Å². The van der Waals surface area contributed by atoms with Crippen molar-refractivity contribution in [2.75, 3.05) is 11.9 Å². The number of aryl methyl sites for hydroxylation is 2. The number of hydrogen-bond acceptors (Lipinski definition) is 3. The van der Waals surface area contributed by atoms with Gasteiger partial charge in [-0.05, 0) is 31.5 Å². The van der Waals surface area contributed by atoms with Crippen LogP contribution in [0.2, 0.25) is 0 Å². The number of hydrogen-bond donors (Lipinski definition) is 1. The van der Waals surface area contributed by atoms with Crippen LogP contribution in [0.3, 0.4) is 0 Å². The number of furan rings is 1. The predicted octanol–water partition coefficient (Wildman–Crippen LogP) is 2.99. The molecule has 18 heavy (non-hydrogen) atoms. The number of benzene rings is 1. The van der Waals surface area contributed by atoms with Crippen molar-refractivity contribution in [1.29, 1.82) is 0 Å². The normalized spacial score (nSPS) is 10.7. The van der Waals surface area contributed by atoms with Gasteiger partial charge in [0.25, 0.3) is 0 Å². The maximum atomic E-state index is 5.57. The molecule has 3 nitrogen and oxygen atoms in total. The second-order valence-corrected chi connectivity index (χ2v) is 4.77. The van der Waals surface area contributed by atoms with Gasteiger partial charge in [-0.1, -0.05) is 17.7 Å². The lowest BCUT2D eigenvalue weighted by molar-refractivity contribution is 0.505. The molecular weight excluding hydrogens is 224 g/mol. The number of nitrogens with zero attached hydrogens (tertiary/aromatic N) is 1. The molecule has 0 spiro atoms. The van der Waals surface area contributed by atoms with E-state index in [-0.39, 0.29) is 0 Å². The van der Waals surface area contributed by atoms with Gasteiger partial charge in [0, 0.05) is 24.8 Å². The highest BCUT2D eigenvalue weighted by atomic mass is 16.3. The monoisotopic (exact) mass is 244 g/mol. The summed E-state index contributed by atoms with van der Waals surface area (Å²) in [5, 5.41) is 0. The molecule has 0 saturated heterocycles. The first kappa shape index (κ1) is 12.7. The topological polar surface area (TPSA) is 42.4 Å². The van der Waals surface area contributed by atoms with Crippen molar-refractivity contribution < 1.29 is 4.42 Å². The first-order valence-corrected chi connectivity index (χ1v) is 6.15. The zero-order valence-corrected chi connectivity index (χ0v) is 11.2. The lowest BCUT2D eigenvalue weighted by atomic mass is 10.1. The van der Waals surface area contributed by atoms with Gasteiger partial charge in [0.05, 0.1) is 12.8 Å². The van der Waals surface area contributed by atoms with Crippen molar-refractivity contribution in [2.24, 2.45) is 5.73 Å². The Morgan fingerprint density at radius 1 is 1.22 bits per heavy atom. The van der Waals surface area contributed by atoms with E-state index in [1.165, 1.54) is 16.8 Å². The fourth-order valence-corrected chi connectivity index (χ4v) is 2.17. The second kappa shape index (κ2) is 5.27. The second-order valence-electron chi connectivity index (χ2n) is 4.77. The lowest BCUT2D eigenvalue weighted by Gasteiger charge is -2.20. The third-order valence-corrected chi connectivity index (χ3v) is 3.10. The lowest BCUT2D eigenvalue weighted by Crippen LogP contribution is -2.17. The van der Waals surface area contributed by atoms with Crippen LogP contribution in [0.15, 0.2) is 34.9 Å². The molecule has 1 aromatic carbocycles. The van der Waals surface area contributed by atoms with Crippen molar-refractivity contribution in [3.05, 3.63) is 53.0 Å². The highest BCUT2D eigenvalue weighted by Gasteiger charge is 2.08. The van der Waals surface area contributed by atoms with E-state index in [1.54, 1.807) is 6.26 Å². The van der Waals surface area contributed by atoms with Crippen molar-refractivity contribution in [3.8, 4) is 0 Å². The van der Waals surface area contributed by atoms with E-state index in [0.29, 0.717) is 6.54 Å². The van der Waals surface area contributed by atoms with Crippen LogP contribution in [0.1, 0.15) is 22.5 Å². The van der Waals surface area contributed by atoms with Gasteiger partial charge in [0.1, 0.15) is 5.76 Å². The van der Waals surface area contributed by atoms with Crippen molar-refractivity contribution >= 4 is 5.69 Å². The molecular formula is C15H20N2O. The summed E-state index contributed by atoms with van der Waals surface area (Å²) in [4.78, 5) is 2.19. The molecule has 96 valence electrons. The Labute approximate surface area is 108 Å². The molecule has 2 N–H and O–H groups in total. The molecule has 0 aliphatic rings. The summed E-state index contributed by atoms with van der Waals surface area (Å²) in [6.07, 6.45) is 1.73. The van der Waals surface area contributed by atoms with Gasteiger partial charge in [-0.3, -0.25) is 0 Å². The Hall–Kier alpha value is -1.74. The number of nitrogens with two attached hydrogens (primary N) is 1. The van der Waals surface area contributed by atoms with E-state index in [4.69, 9.17) is 10.2 Å². The van der Waals surface area contributed by atoms with Crippen molar-refractivity contribution in [3.63, 3.8) is 0 Å². The maximum absolute atomic E-state index is 5.57. The Morgan fingerprint density at radius 3 is 2.61 bits per heavy atom. The molecule has 3 heteroatoms.